The Kier molecular flexibility index (Phi) is 6.68. The third kappa shape index (κ3) is 3.79. The summed E-state index contributed by atoms with van der Waals surface area (Å²) in [5.74, 6) is 0. The largest absolute Gasteiger partial charge is 0.329 e. The summed E-state index contributed by atoms with van der Waals surface area (Å²) < 4.78 is 28.3. The Morgan fingerprint density at radius 2 is 1.95 bits per heavy atom. The van der Waals surface area contributed by atoms with Crippen molar-refractivity contribution >= 4 is 38.4 Å². The van der Waals surface area contributed by atoms with Gasteiger partial charge in [-0.2, -0.15) is 4.31 Å². The van der Waals surface area contributed by atoms with Crippen LogP contribution in [0.4, 0.5) is 0 Å². The molecule has 120 valence electrons. The van der Waals surface area contributed by atoms with Crippen LogP contribution in [-0.4, -0.2) is 31.9 Å². The molecule has 1 atom stereocenters. The number of halogens is 2. The van der Waals surface area contributed by atoms with Crippen LogP contribution in [0.3, 0.4) is 0 Å². The Labute approximate surface area is 141 Å². The monoisotopic (exact) mass is 396 g/mol. The fourth-order valence-corrected chi connectivity index (χ4v) is 5.14. The second-order valence-corrected chi connectivity index (χ2v) is 8.08. The molecule has 1 aliphatic heterocycles. The SMILES string of the molecule is Cc1cc(S(=O)(=O)N2CCCCC2CN)c(C)cc1Br.Cl. The maximum atomic E-state index is 12.9. The van der Waals surface area contributed by atoms with E-state index in [9.17, 15) is 8.42 Å². The van der Waals surface area contributed by atoms with E-state index >= 15 is 0 Å². The first-order valence-electron chi connectivity index (χ1n) is 6.86. The average Bonchev–Trinajstić information content (AvgIpc) is 2.42. The smallest absolute Gasteiger partial charge is 0.243 e. The Hall–Kier alpha value is -0.140. The van der Waals surface area contributed by atoms with Gasteiger partial charge in [0.15, 0.2) is 0 Å². The second kappa shape index (κ2) is 7.42. The fourth-order valence-electron chi connectivity index (χ4n) is 2.68. The highest BCUT2D eigenvalue weighted by Gasteiger charge is 2.33. The number of hydrogen-bond donors (Lipinski definition) is 1. The molecule has 1 aromatic rings. The van der Waals surface area contributed by atoms with Gasteiger partial charge >= 0.3 is 0 Å². The number of rotatable bonds is 3. The lowest BCUT2D eigenvalue weighted by atomic mass is 10.1. The number of aryl methyl sites for hydroxylation is 2. The van der Waals surface area contributed by atoms with Crippen molar-refractivity contribution in [1.82, 2.24) is 4.31 Å². The number of piperidine rings is 1. The summed E-state index contributed by atoms with van der Waals surface area (Å²) in [5.41, 5.74) is 7.44. The Balaban J connectivity index is 0.00000220. The molecule has 0 bridgehead atoms. The molecule has 0 amide bonds. The van der Waals surface area contributed by atoms with Crippen LogP contribution in [0.5, 0.6) is 0 Å². The number of nitrogens with two attached hydrogens (primary N) is 1. The molecule has 0 saturated carbocycles. The van der Waals surface area contributed by atoms with E-state index in [4.69, 9.17) is 5.73 Å². The van der Waals surface area contributed by atoms with Crippen molar-refractivity contribution in [2.24, 2.45) is 5.73 Å². The number of benzene rings is 1. The van der Waals surface area contributed by atoms with Gasteiger partial charge in [-0.1, -0.05) is 22.4 Å². The highest BCUT2D eigenvalue weighted by Crippen LogP contribution is 2.30. The molecule has 2 N–H and O–H groups in total. The van der Waals surface area contributed by atoms with Crippen molar-refractivity contribution in [3.8, 4) is 0 Å². The molecular weight excluding hydrogens is 376 g/mol. The van der Waals surface area contributed by atoms with Crippen LogP contribution in [0.15, 0.2) is 21.5 Å². The Bertz CT molecular complexity index is 607. The average molecular weight is 398 g/mol. The van der Waals surface area contributed by atoms with Crippen LogP contribution in [-0.2, 0) is 10.0 Å². The lowest BCUT2D eigenvalue weighted by Gasteiger charge is -2.34. The molecule has 0 aliphatic carbocycles. The quantitative estimate of drug-likeness (QED) is 0.853. The zero-order valence-corrected chi connectivity index (χ0v) is 15.5. The van der Waals surface area contributed by atoms with Gasteiger partial charge in [-0.05, 0) is 49.9 Å². The lowest BCUT2D eigenvalue weighted by Crippen LogP contribution is -2.47. The summed E-state index contributed by atoms with van der Waals surface area (Å²) in [6.07, 6.45) is 2.81. The molecule has 1 heterocycles. The van der Waals surface area contributed by atoms with Gasteiger partial charge in [0.2, 0.25) is 10.0 Å². The molecule has 2 rings (SSSR count). The number of nitrogens with zero attached hydrogens (tertiary/aromatic N) is 1. The highest BCUT2D eigenvalue weighted by molar-refractivity contribution is 9.10. The van der Waals surface area contributed by atoms with E-state index in [1.807, 2.05) is 19.9 Å². The maximum Gasteiger partial charge on any atom is 0.243 e. The van der Waals surface area contributed by atoms with Gasteiger partial charge in [0.25, 0.3) is 0 Å². The second-order valence-electron chi connectivity index (χ2n) is 5.37. The van der Waals surface area contributed by atoms with E-state index in [-0.39, 0.29) is 18.4 Å². The molecule has 4 nitrogen and oxygen atoms in total. The first kappa shape index (κ1) is 18.9. The zero-order chi connectivity index (χ0) is 14.9. The van der Waals surface area contributed by atoms with Crippen LogP contribution in [0.2, 0.25) is 0 Å². The molecule has 1 aromatic carbocycles. The zero-order valence-electron chi connectivity index (χ0n) is 12.3. The van der Waals surface area contributed by atoms with Crippen LogP contribution in [0, 0.1) is 13.8 Å². The van der Waals surface area contributed by atoms with E-state index in [2.05, 4.69) is 15.9 Å². The van der Waals surface area contributed by atoms with Crippen LogP contribution in [0.25, 0.3) is 0 Å². The Morgan fingerprint density at radius 3 is 2.57 bits per heavy atom. The third-order valence-corrected chi connectivity index (χ3v) is 6.84. The molecule has 0 aromatic heterocycles. The van der Waals surface area contributed by atoms with Crippen molar-refractivity contribution in [2.75, 3.05) is 13.1 Å². The van der Waals surface area contributed by atoms with Crippen molar-refractivity contribution in [3.63, 3.8) is 0 Å². The Morgan fingerprint density at radius 1 is 1.29 bits per heavy atom. The molecule has 7 heteroatoms. The lowest BCUT2D eigenvalue weighted by molar-refractivity contribution is 0.257. The summed E-state index contributed by atoms with van der Waals surface area (Å²) in [5, 5.41) is 0. The highest BCUT2D eigenvalue weighted by atomic mass is 79.9. The molecule has 1 fully saturated rings. The van der Waals surface area contributed by atoms with E-state index in [1.165, 1.54) is 0 Å². The minimum absolute atomic E-state index is 0. The number of hydrogen-bond acceptors (Lipinski definition) is 3. The molecule has 1 aliphatic rings. The minimum Gasteiger partial charge on any atom is -0.329 e. The normalized spacial score (nSPS) is 20.1. The van der Waals surface area contributed by atoms with Crippen LogP contribution in [0.1, 0.15) is 30.4 Å². The topological polar surface area (TPSA) is 63.4 Å². The van der Waals surface area contributed by atoms with Gasteiger partial charge in [-0.3, -0.25) is 0 Å². The van der Waals surface area contributed by atoms with Gasteiger partial charge in [0.05, 0.1) is 4.90 Å². The first-order valence-corrected chi connectivity index (χ1v) is 9.10. The van der Waals surface area contributed by atoms with Gasteiger partial charge in [0, 0.05) is 23.6 Å². The van der Waals surface area contributed by atoms with E-state index in [0.29, 0.717) is 18.0 Å². The van der Waals surface area contributed by atoms with Crippen LogP contribution >= 0.6 is 28.3 Å². The maximum absolute atomic E-state index is 12.9. The predicted octanol–water partition coefficient (Wildman–Crippen LogP) is 2.99. The number of sulfonamides is 1. The third-order valence-electron chi connectivity index (χ3n) is 3.89. The molecule has 0 spiro atoms. The molecular formula is C14H22BrClN2O2S. The van der Waals surface area contributed by atoms with Gasteiger partial charge in [-0.15, -0.1) is 12.4 Å². The summed E-state index contributed by atoms with van der Waals surface area (Å²) in [4.78, 5) is 0.401. The molecule has 0 radical (unpaired) electrons. The van der Waals surface area contributed by atoms with E-state index in [1.54, 1.807) is 10.4 Å². The fraction of sp³-hybridized carbons (Fsp3) is 0.571. The molecule has 1 unspecified atom stereocenters. The van der Waals surface area contributed by atoms with E-state index in [0.717, 1.165) is 34.9 Å². The standard InChI is InChI=1S/C14H21BrN2O2S.ClH/c1-10-8-14(11(2)7-13(10)15)20(18,19)17-6-4-3-5-12(17)9-16;/h7-8,12H,3-6,9,16H2,1-2H3;1H. The summed E-state index contributed by atoms with van der Waals surface area (Å²) in [6.45, 7) is 4.68. The van der Waals surface area contributed by atoms with E-state index < -0.39 is 10.0 Å². The van der Waals surface area contributed by atoms with Crippen molar-refractivity contribution in [3.05, 3.63) is 27.7 Å². The van der Waals surface area contributed by atoms with Gasteiger partial charge in [-0.25, -0.2) is 8.42 Å². The van der Waals surface area contributed by atoms with Crippen molar-refractivity contribution in [1.29, 1.82) is 0 Å². The van der Waals surface area contributed by atoms with Crippen molar-refractivity contribution in [2.45, 2.75) is 44.0 Å². The molecule has 1 saturated heterocycles. The van der Waals surface area contributed by atoms with Gasteiger partial charge in [0.1, 0.15) is 0 Å². The predicted molar refractivity (Wildman–Crippen MR) is 91.4 cm³/mol. The first-order chi connectivity index (χ1) is 9.37. The summed E-state index contributed by atoms with van der Waals surface area (Å²) in [7, 11) is -3.46. The minimum atomic E-state index is -3.46. The molecule has 21 heavy (non-hydrogen) atoms. The van der Waals surface area contributed by atoms with Gasteiger partial charge < -0.3 is 5.73 Å². The summed E-state index contributed by atoms with van der Waals surface area (Å²) >= 11 is 3.44. The van der Waals surface area contributed by atoms with Crippen molar-refractivity contribution < 1.29 is 8.42 Å². The van der Waals surface area contributed by atoms with Crippen LogP contribution < -0.4 is 5.73 Å². The summed E-state index contributed by atoms with van der Waals surface area (Å²) in [6, 6.07) is 3.54.